The largest absolute Gasteiger partial charge is 0.480 e. The van der Waals surface area contributed by atoms with E-state index < -0.39 is 45.1 Å². The minimum Gasteiger partial charge on any atom is -0.480 e. The molecule has 0 spiro atoms. The Morgan fingerprint density at radius 3 is 1.69 bits per heavy atom. The molecule has 10 nitrogen and oxygen atoms in total. The van der Waals surface area contributed by atoms with E-state index in [4.69, 9.17) is 24.8 Å². The highest BCUT2D eigenvalue weighted by Gasteiger charge is 2.27. The summed E-state index contributed by atoms with van der Waals surface area (Å²) in [4.78, 5) is 33.3. The number of phosphoric ester groups is 1. The first-order chi connectivity index (χ1) is 23.2. The van der Waals surface area contributed by atoms with Gasteiger partial charge in [0.1, 0.15) is 12.1 Å². The Morgan fingerprint density at radius 1 is 0.688 bits per heavy atom. The zero-order chi connectivity index (χ0) is 35.6. The van der Waals surface area contributed by atoms with Crippen LogP contribution in [0, 0.1) is 0 Å². The van der Waals surface area contributed by atoms with Crippen molar-refractivity contribution in [3.8, 4) is 0 Å². The van der Waals surface area contributed by atoms with Gasteiger partial charge in [-0.25, -0.2) is 4.57 Å². The molecule has 0 saturated heterocycles. The average molecular weight is 700 g/mol. The number of carbonyl (C=O) groups excluding carboxylic acids is 1. The molecule has 0 aromatic rings. The predicted molar refractivity (Wildman–Crippen MR) is 194 cm³/mol. The van der Waals surface area contributed by atoms with Gasteiger partial charge in [0, 0.05) is 13.0 Å². The van der Waals surface area contributed by atoms with Gasteiger partial charge in [-0.3, -0.25) is 18.6 Å². The van der Waals surface area contributed by atoms with Gasteiger partial charge in [0.2, 0.25) is 0 Å². The first kappa shape index (κ1) is 45.9. The fourth-order valence-electron chi connectivity index (χ4n) is 4.56. The van der Waals surface area contributed by atoms with Gasteiger partial charge < -0.3 is 25.2 Å². The van der Waals surface area contributed by atoms with Gasteiger partial charge in [-0.1, -0.05) is 140 Å². The van der Waals surface area contributed by atoms with Crippen LogP contribution in [-0.4, -0.2) is 60.5 Å². The molecule has 278 valence electrons. The Bertz CT molecular complexity index is 951. The van der Waals surface area contributed by atoms with Crippen LogP contribution in [0.1, 0.15) is 136 Å². The van der Waals surface area contributed by atoms with Crippen molar-refractivity contribution in [3.63, 3.8) is 0 Å². The first-order valence-corrected chi connectivity index (χ1v) is 19.7. The number of unbranched alkanes of at least 4 members (excludes halogenated alkanes) is 12. The SMILES string of the molecule is CC/C=C\C/C=C\C/C=C\C/C=C\CCC(=O)OC(COCCCCCCCCCCCCCCC)COP(=O)(O)OCC(N)C(=O)O. The van der Waals surface area contributed by atoms with Crippen molar-refractivity contribution < 1.29 is 42.7 Å². The van der Waals surface area contributed by atoms with E-state index in [0.29, 0.717) is 13.0 Å². The topological polar surface area (TPSA) is 155 Å². The maximum atomic E-state index is 12.5. The molecule has 0 aliphatic carbocycles. The van der Waals surface area contributed by atoms with Crippen LogP contribution in [0.15, 0.2) is 48.6 Å². The lowest BCUT2D eigenvalue weighted by atomic mass is 10.0. The summed E-state index contributed by atoms with van der Waals surface area (Å²) in [5, 5.41) is 8.85. The number of ether oxygens (including phenoxy) is 2. The molecule has 0 aromatic carbocycles. The fourth-order valence-corrected chi connectivity index (χ4v) is 5.33. The summed E-state index contributed by atoms with van der Waals surface area (Å²) >= 11 is 0. The molecule has 3 atom stereocenters. The van der Waals surface area contributed by atoms with Crippen molar-refractivity contribution >= 4 is 19.8 Å². The first-order valence-electron chi connectivity index (χ1n) is 18.2. The zero-order valence-electron chi connectivity index (χ0n) is 29.8. The van der Waals surface area contributed by atoms with Crippen LogP contribution in [0.2, 0.25) is 0 Å². The number of nitrogens with two attached hydrogens (primary N) is 1. The number of carboxylic acids is 1. The Morgan fingerprint density at radius 2 is 1.17 bits per heavy atom. The highest BCUT2D eigenvalue weighted by Crippen LogP contribution is 2.43. The minimum atomic E-state index is -4.62. The Kier molecular flexibility index (Phi) is 32.0. The summed E-state index contributed by atoms with van der Waals surface area (Å²) in [5.74, 6) is -1.87. The summed E-state index contributed by atoms with van der Waals surface area (Å²) in [6.07, 6.45) is 36.1. The summed E-state index contributed by atoms with van der Waals surface area (Å²) in [5.41, 5.74) is 5.32. The monoisotopic (exact) mass is 699 g/mol. The highest BCUT2D eigenvalue weighted by atomic mass is 31.2. The normalized spacial score (nSPS) is 14.8. The molecule has 4 N–H and O–H groups in total. The van der Waals surface area contributed by atoms with Crippen molar-refractivity contribution in [1.82, 2.24) is 0 Å². The molecule has 0 bridgehead atoms. The van der Waals surface area contributed by atoms with Gasteiger partial charge in [0.05, 0.1) is 19.8 Å². The number of esters is 1. The molecule has 0 rings (SSSR count). The quantitative estimate of drug-likeness (QED) is 0.0256. The molecular weight excluding hydrogens is 633 g/mol. The molecule has 0 heterocycles. The Balaban J connectivity index is 4.44. The number of hydrogen-bond donors (Lipinski definition) is 3. The van der Waals surface area contributed by atoms with E-state index in [9.17, 15) is 19.0 Å². The molecule has 0 aromatic heterocycles. The second kappa shape index (κ2) is 33.4. The summed E-state index contributed by atoms with van der Waals surface area (Å²) in [7, 11) is -4.62. The average Bonchev–Trinajstić information content (AvgIpc) is 3.06. The Hall–Kier alpha value is -2.07. The zero-order valence-corrected chi connectivity index (χ0v) is 30.7. The lowest BCUT2D eigenvalue weighted by Crippen LogP contribution is -2.34. The van der Waals surface area contributed by atoms with E-state index in [2.05, 4.69) is 54.8 Å². The van der Waals surface area contributed by atoms with Crippen LogP contribution >= 0.6 is 7.82 Å². The molecule has 0 saturated carbocycles. The van der Waals surface area contributed by atoms with E-state index >= 15 is 0 Å². The summed E-state index contributed by atoms with van der Waals surface area (Å²) in [6.45, 7) is 3.65. The van der Waals surface area contributed by atoms with Crippen LogP contribution in [-0.2, 0) is 32.7 Å². The van der Waals surface area contributed by atoms with Crippen LogP contribution in [0.4, 0.5) is 0 Å². The lowest BCUT2D eigenvalue weighted by Gasteiger charge is -2.20. The van der Waals surface area contributed by atoms with Crippen LogP contribution in [0.25, 0.3) is 0 Å². The smallest absolute Gasteiger partial charge is 0.472 e. The number of carboxylic acid groups (broad SMARTS) is 1. The number of hydrogen-bond acceptors (Lipinski definition) is 8. The number of carbonyl (C=O) groups is 2. The second-order valence-corrected chi connectivity index (χ2v) is 13.4. The van der Waals surface area contributed by atoms with E-state index in [0.717, 1.165) is 44.9 Å². The van der Waals surface area contributed by atoms with Gasteiger partial charge in [0.15, 0.2) is 0 Å². The van der Waals surface area contributed by atoms with Gasteiger partial charge >= 0.3 is 19.8 Å². The van der Waals surface area contributed by atoms with Gasteiger partial charge in [-0.05, 0) is 38.5 Å². The van der Waals surface area contributed by atoms with Crippen molar-refractivity contribution in [2.45, 2.75) is 148 Å². The van der Waals surface area contributed by atoms with Crippen molar-refractivity contribution in [3.05, 3.63) is 48.6 Å². The fraction of sp³-hybridized carbons (Fsp3) is 0.730. The third-order valence-electron chi connectivity index (χ3n) is 7.39. The van der Waals surface area contributed by atoms with E-state index in [1.807, 2.05) is 12.2 Å². The van der Waals surface area contributed by atoms with E-state index in [1.54, 1.807) is 0 Å². The second-order valence-electron chi connectivity index (χ2n) is 12.0. The summed E-state index contributed by atoms with van der Waals surface area (Å²) < 4.78 is 33.1. The number of rotatable bonds is 34. The maximum Gasteiger partial charge on any atom is 0.472 e. The molecule has 48 heavy (non-hydrogen) atoms. The molecular formula is C37H66NO9P. The minimum absolute atomic E-state index is 0.0113. The molecule has 0 aliphatic heterocycles. The number of aliphatic carboxylic acids is 1. The van der Waals surface area contributed by atoms with Crippen molar-refractivity contribution in [1.29, 1.82) is 0 Å². The molecule has 0 aliphatic rings. The van der Waals surface area contributed by atoms with Gasteiger partial charge in [-0.2, -0.15) is 0 Å². The molecule has 0 fully saturated rings. The van der Waals surface area contributed by atoms with Gasteiger partial charge in [-0.15, -0.1) is 0 Å². The molecule has 0 radical (unpaired) electrons. The Labute approximate surface area is 290 Å². The maximum absolute atomic E-state index is 12.5. The summed E-state index contributed by atoms with van der Waals surface area (Å²) in [6, 6.07) is -1.48. The highest BCUT2D eigenvalue weighted by molar-refractivity contribution is 7.47. The van der Waals surface area contributed by atoms with E-state index in [1.165, 1.54) is 64.2 Å². The van der Waals surface area contributed by atoms with Crippen molar-refractivity contribution in [2.75, 3.05) is 26.4 Å². The third-order valence-corrected chi connectivity index (χ3v) is 8.34. The van der Waals surface area contributed by atoms with Gasteiger partial charge in [0.25, 0.3) is 0 Å². The number of phosphoric acid groups is 1. The van der Waals surface area contributed by atoms with Crippen LogP contribution in [0.5, 0.6) is 0 Å². The predicted octanol–water partition coefficient (Wildman–Crippen LogP) is 9.14. The molecule has 11 heteroatoms. The van der Waals surface area contributed by atoms with E-state index in [-0.39, 0.29) is 13.0 Å². The number of allylic oxidation sites excluding steroid dienone is 8. The van der Waals surface area contributed by atoms with Crippen LogP contribution < -0.4 is 5.73 Å². The van der Waals surface area contributed by atoms with Crippen molar-refractivity contribution in [2.24, 2.45) is 5.73 Å². The standard InChI is InChI=1S/C37H66NO9P/c1-3-5-7-9-11-13-15-17-19-21-23-25-27-29-36(39)47-34(32-45-48(42,43)46-33-35(38)37(40)41)31-44-30-28-26-24-22-20-18-16-14-12-10-8-6-4-2/h5,7,11,13,17,19,23,25,34-35H,3-4,6,8-10,12,14-16,18,20-22,24,26-33,38H2,1-2H3,(H,40,41)(H,42,43)/b7-5-,13-11-,19-17-,25-23-. The molecule has 3 unspecified atom stereocenters. The van der Waals surface area contributed by atoms with Crippen LogP contribution in [0.3, 0.4) is 0 Å². The third kappa shape index (κ3) is 32.5. The molecule has 0 amide bonds. The lowest BCUT2D eigenvalue weighted by molar-refractivity contribution is -0.154.